The summed E-state index contributed by atoms with van der Waals surface area (Å²) in [6, 6.07) is 0.680. The molecule has 2 heterocycles. The van der Waals surface area contributed by atoms with Crippen molar-refractivity contribution in [2.24, 2.45) is 5.92 Å². The van der Waals surface area contributed by atoms with Crippen molar-refractivity contribution in [3.8, 4) is 0 Å². The number of nitrogens with zero attached hydrogens (tertiary/aromatic N) is 1. The number of hydrogen-bond acceptors (Lipinski definition) is 2. The van der Waals surface area contributed by atoms with E-state index in [0.717, 1.165) is 30.2 Å². The van der Waals surface area contributed by atoms with Crippen LogP contribution in [-0.4, -0.2) is 17.7 Å². The predicted molar refractivity (Wildman–Crippen MR) is 66.3 cm³/mol. The molecule has 0 aliphatic carbocycles. The van der Waals surface area contributed by atoms with Crippen LogP contribution >= 0.6 is 11.6 Å². The molecule has 1 aliphatic rings. The summed E-state index contributed by atoms with van der Waals surface area (Å²) in [6.45, 7) is 1.88. The third-order valence-electron chi connectivity index (χ3n) is 3.22. The number of aromatic nitrogens is 1. The highest BCUT2D eigenvalue weighted by molar-refractivity contribution is 6.30. The lowest BCUT2D eigenvalue weighted by Gasteiger charge is -2.23. The predicted octanol–water partition coefficient (Wildman–Crippen LogP) is 2.52. The van der Waals surface area contributed by atoms with Crippen LogP contribution in [0.5, 0.6) is 0 Å². The summed E-state index contributed by atoms with van der Waals surface area (Å²) in [7, 11) is 0. The van der Waals surface area contributed by atoms with E-state index in [4.69, 9.17) is 11.6 Å². The van der Waals surface area contributed by atoms with Gasteiger partial charge in [0.15, 0.2) is 0 Å². The van der Waals surface area contributed by atoms with E-state index in [1.807, 2.05) is 0 Å². The minimum atomic E-state index is -4.50. The van der Waals surface area contributed by atoms with E-state index in [-0.39, 0.29) is 12.5 Å². The monoisotopic (exact) mass is 294 g/mol. The van der Waals surface area contributed by atoms with Crippen LogP contribution in [0.15, 0.2) is 17.1 Å². The molecule has 0 aromatic carbocycles. The zero-order valence-electron chi connectivity index (χ0n) is 10.1. The van der Waals surface area contributed by atoms with Gasteiger partial charge in [-0.25, -0.2) is 0 Å². The van der Waals surface area contributed by atoms with Crippen LogP contribution in [0.1, 0.15) is 18.4 Å². The van der Waals surface area contributed by atoms with E-state index in [2.05, 4.69) is 5.32 Å². The Morgan fingerprint density at radius 2 is 2.21 bits per heavy atom. The quantitative estimate of drug-likeness (QED) is 0.909. The van der Waals surface area contributed by atoms with E-state index in [0.29, 0.717) is 12.6 Å². The average Bonchev–Trinajstić information content (AvgIpc) is 2.34. The minimum Gasteiger partial charge on any atom is -0.316 e. The molecule has 1 fully saturated rings. The number of rotatable bonds is 2. The fourth-order valence-electron chi connectivity index (χ4n) is 2.25. The first-order valence-corrected chi connectivity index (χ1v) is 6.43. The average molecular weight is 295 g/mol. The Kier molecular flexibility index (Phi) is 4.20. The number of nitrogens with one attached hydrogen (secondary N) is 1. The Morgan fingerprint density at radius 3 is 2.79 bits per heavy atom. The first-order chi connectivity index (χ1) is 8.88. The molecule has 1 aliphatic heterocycles. The molecule has 1 N–H and O–H groups in total. The number of halogens is 4. The molecule has 106 valence electrons. The molecule has 0 amide bonds. The van der Waals surface area contributed by atoms with Crippen LogP contribution in [0.25, 0.3) is 0 Å². The van der Waals surface area contributed by atoms with Crippen LogP contribution < -0.4 is 10.9 Å². The van der Waals surface area contributed by atoms with Crippen molar-refractivity contribution >= 4 is 11.6 Å². The van der Waals surface area contributed by atoms with Crippen LogP contribution in [0, 0.1) is 5.92 Å². The summed E-state index contributed by atoms with van der Waals surface area (Å²) in [5.41, 5.74) is -1.46. The van der Waals surface area contributed by atoms with Gasteiger partial charge in [0.2, 0.25) is 0 Å². The molecule has 0 bridgehead atoms. The van der Waals surface area contributed by atoms with E-state index >= 15 is 0 Å². The van der Waals surface area contributed by atoms with Gasteiger partial charge >= 0.3 is 6.18 Å². The number of alkyl halides is 3. The Balaban J connectivity index is 2.28. The number of piperidine rings is 1. The first kappa shape index (κ1) is 14.4. The zero-order chi connectivity index (χ0) is 14.0. The zero-order valence-corrected chi connectivity index (χ0v) is 10.9. The summed E-state index contributed by atoms with van der Waals surface area (Å²) in [4.78, 5) is 11.8. The largest absolute Gasteiger partial charge is 0.417 e. The second-order valence-corrected chi connectivity index (χ2v) is 5.15. The lowest BCUT2D eigenvalue weighted by molar-refractivity contribution is -0.138. The minimum absolute atomic E-state index is 0.158. The Bertz CT molecular complexity index is 507. The second-order valence-electron chi connectivity index (χ2n) is 4.74. The second kappa shape index (κ2) is 5.54. The highest BCUT2D eigenvalue weighted by Gasteiger charge is 2.32. The molecule has 3 nitrogen and oxygen atoms in total. The summed E-state index contributed by atoms with van der Waals surface area (Å²) in [6.07, 6.45) is -1.79. The molecule has 2 rings (SSSR count). The van der Waals surface area contributed by atoms with Crippen molar-refractivity contribution in [3.05, 3.63) is 33.2 Å². The van der Waals surface area contributed by atoms with Gasteiger partial charge < -0.3 is 9.88 Å². The molecule has 1 saturated heterocycles. The molecule has 7 heteroatoms. The van der Waals surface area contributed by atoms with Crippen LogP contribution in [0.4, 0.5) is 13.2 Å². The molecule has 1 atom stereocenters. The number of hydrogen-bond donors (Lipinski definition) is 1. The SMILES string of the molecule is O=c1c(Cl)cc(C(F)(F)F)cn1CC1CCCNC1. The van der Waals surface area contributed by atoms with Crippen molar-refractivity contribution in [2.75, 3.05) is 13.1 Å². The normalized spacial score (nSPS) is 20.5. The van der Waals surface area contributed by atoms with Gasteiger partial charge in [-0.05, 0) is 37.9 Å². The summed E-state index contributed by atoms with van der Waals surface area (Å²) in [5, 5.41) is 2.77. The van der Waals surface area contributed by atoms with Gasteiger partial charge in [-0.15, -0.1) is 0 Å². The molecule has 0 radical (unpaired) electrons. The van der Waals surface area contributed by atoms with Crippen LogP contribution in [-0.2, 0) is 12.7 Å². The lowest BCUT2D eigenvalue weighted by atomic mass is 9.99. The van der Waals surface area contributed by atoms with Gasteiger partial charge in [-0.1, -0.05) is 11.6 Å². The van der Waals surface area contributed by atoms with Crippen molar-refractivity contribution < 1.29 is 13.2 Å². The third kappa shape index (κ3) is 3.51. The van der Waals surface area contributed by atoms with E-state index in [1.165, 1.54) is 0 Å². The summed E-state index contributed by atoms with van der Waals surface area (Å²) in [5.74, 6) is 0.158. The standard InChI is InChI=1S/C12H14ClF3N2O/c13-10-4-9(12(14,15)16)7-18(11(10)19)6-8-2-1-3-17-5-8/h4,7-8,17H,1-3,5-6H2. The highest BCUT2D eigenvalue weighted by Crippen LogP contribution is 2.29. The number of pyridine rings is 1. The molecular formula is C12H14ClF3N2O. The topological polar surface area (TPSA) is 34.0 Å². The highest BCUT2D eigenvalue weighted by atomic mass is 35.5. The first-order valence-electron chi connectivity index (χ1n) is 6.06. The van der Waals surface area contributed by atoms with Crippen molar-refractivity contribution in [1.29, 1.82) is 0 Å². The van der Waals surface area contributed by atoms with Gasteiger partial charge in [0.1, 0.15) is 5.02 Å². The van der Waals surface area contributed by atoms with Crippen molar-refractivity contribution in [1.82, 2.24) is 9.88 Å². The molecule has 1 unspecified atom stereocenters. The Hall–Kier alpha value is -1.01. The Morgan fingerprint density at radius 1 is 1.47 bits per heavy atom. The van der Waals surface area contributed by atoms with Gasteiger partial charge in [-0.3, -0.25) is 4.79 Å². The van der Waals surface area contributed by atoms with Crippen molar-refractivity contribution in [3.63, 3.8) is 0 Å². The smallest absolute Gasteiger partial charge is 0.316 e. The summed E-state index contributed by atoms with van der Waals surface area (Å²) < 4.78 is 39.1. The molecule has 19 heavy (non-hydrogen) atoms. The molecule has 0 spiro atoms. The molecule has 1 aromatic rings. The van der Waals surface area contributed by atoms with Gasteiger partial charge in [0, 0.05) is 12.7 Å². The maximum atomic E-state index is 12.7. The van der Waals surface area contributed by atoms with Crippen LogP contribution in [0.2, 0.25) is 5.02 Å². The van der Waals surface area contributed by atoms with E-state index < -0.39 is 22.3 Å². The fourth-order valence-corrected chi connectivity index (χ4v) is 2.47. The summed E-state index contributed by atoms with van der Waals surface area (Å²) >= 11 is 5.59. The fraction of sp³-hybridized carbons (Fsp3) is 0.583. The molecule has 1 aromatic heterocycles. The molecule has 0 saturated carbocycles. The van der Waals surface area contributed by atoms with Gasteiger partial charge in [0.25, 0.3) is 5.56 Å². The Labute approximate surface area is 113 Å². The van der Waals surface area contributed by atoms with E-state index in [1.54, 1.807) is 0 Å². The van der Waals surface area contributed by atoms with E-state index in [9.17, 15) is 18.0 Å². The maximum absolute atomic E-state index is 12.7. The van der Waals surface area contributed by atoms with Gasteiger partial charge in [0.05, 0.1) is 5.56 Å². The molecular weight excluding hydrogens is 281 g/mol. The van der Waals surface area contributed by atoms with Crippen molar-refractivity contribution in [2.45, 2.75) is 25.6 Å². The maximum Gasteiger partial charge on any atom is 0.417 e. The lowest BCUT2D eigenvalue weighted by Crippen LogP contribution is -2.35. The van der Waals surface area contributed by atoms with Crippen LogP contribution in [0.3, 0.4) is 0 Å². The van der Waals surface area contributed by atoms with Gasteiger partial charge in [-0.2, -0.15) is 13.2 Å². The third-order valence-corrected chi connectivity index (χ3v) is 3.49.